The molecule has 0 saturated carbocycles. The van der Waals surface area contributed by atoms with E-state index in [4.69, 9.17) is 4.74 Å². The van der Waals surface area contributed by atoms with Gasteiger partial charge in [0.2, 0.25) is 0 Å². The smallest absolute Gasteiger partial charge is 0.346 e. The van der Waals surface area contributed by atoms with Gasteiger partial charge in [-0.2, -0.15) is 0 Å². The number of carbonyl (C=O) groups excluding carboxylic acids is 1. The molecule has 2 rings (SSSR count). The molecule has 126 valence electrons. The molecule has 0 N–H and O–H groups in total. The Morgan fingerprint density at radius 2 is 1.75 bits per heavy atom. The lowest BCUT2D eigenvalue weighted by Crippen LogP contribution is -2.12. The number of allylic oxidation sites excluding steroid dienone is 2. The molecule has 0 amide bonds. The summed E-state index contributed by atoms with van der Waals surface area (Å²) in [6.45, 7) is 0.931. The van der Waals surface area contributed by atoms with Crippen LogP contribution in [0, 0.1) is 18.6 Å². The molecule has 0 aliphatic carbocycles. The molecule has 0 aliphatic rings. The Morgan fingerprint density at radius 1 is 1.04 bits per heavy atom. The largest absolute Gasteiger partial charge is 0.423 e. The fraction of sp³-hybridized carbons (Fsp3) is 0.211. The summed E-state index contributed by atoms with van der Waals surface area (Å²) >= 11 is 0. The zero-order valence-corrected chi connectivity index (χ0v) is 13.2. The van der Waals surface area contributed by atoms with Crippen molar-refractivity contribution in [3.8, 4) is 5.75 Å². The van der Waals surface area contributed by atoms with Crippen molar-refractivity contribution >= 4 is 5.97 Å². The summed E-state index contributed by atoms with van der Waals surface area (Å²) in [6, 6.07) is 9.20. The molecule has 0 heterocycles. The monoisotopic (exact) mass is 334 g/mol. The van der Waals surface area contributed by atoms with Gasteiger partial charge in [-0.1, -0.05) is 30.4 Å². The number of hydrogen-bond acceptors (Lipinski definition) is 2. The number of halogens is 3. The molecule has 0 atom stereocenters. The van der Waals surface area contributed by atoms with Gasteiger partial charge >= 0.3 is 5.97 Å². The Bertz CT molecular complexity index is 737. The number of carbonyl (C=O) groups is 1. The third-order valence-electron chi connectivity index (χ3n) is 3.48. The van der Waals surface area contributed by atoms with Crippen LogP contribution in [0.25, 0.3) is 0 Å². The van der Waals surface area contributed by atoms with Crippen LogP contribution >= 0.6 is 0 Å². The van der Waals surface area contributed by atoms with Gasteiger partial charge in [0.25, 0.3) is 0 Å². The average molecular weight is 334 g/mol. The van der Waals surface area contributed by atoms with E-state index in [1.54, 1.807) is 30.3 Å². The van der Waals surface area contributed by atoms with E-state index in [-0.39, 0.29) is 11.3 Å². The first-order valence-electron chi connectivity index (χ1n) is 7.49. The second-order valence-electron chi connectivity index (χ2n) is 5.26. The predicted molar refractivity (Wildman–Crippen MR) is 85.9 cm³/mol. The first-order chi connectivity index (χ1) is 11.5. The van der Waals surface area contributed by atoms with Crippen LogP contribution in [0.15, 0.2) is 48.6 Å². The topological polar surface area (TPSA) is 26.3 Å². The van der Waals surface area contributed by atoms with Crippen LogP contribution in [-0.2, 0) is 6.42 Å². The van der Waals surface area contributed by atoms with Gasteiger partial charge in [0.15, 0.2) is 11.6 Å². The van der Waals surface area contributed by atoms with E-state index in [1.807, 2.05) is 0 Å². The van der Waals surface area contributed by atoms with Crippen molar-refractivity contribution in [2.45, 2.75) is 19.8 Å². The van der Waals surface area contributed by atoms with Gasteiger partial charge in [0.1, 0.15) is 12.4 Å². The molecule has 2 aromatic carbocycles. The van der Waals surface area contributed by atoms with Crippen LogP contribution in [0.2, 0.25) is 0 Å². The molecular formula is C19H17F3O2. The van der Waals surface area contributed by atoms with Crippen molar-refractivity contribution in [1.29, 1.82) is 0 Å². The summed E-state index contributed by atoms with van der Waals surface area (Å²) in [5.41, 5.74) is 0.666. The Balaban J connectivity index is 2.02. The molecule has 2 aromatic rings. The fourth-order valence-electron chi connectivity index (χ4n) is 2.12. The first kappa shape index (κ1) is 17.8. The quantitative estimate of drug-likeness (QED) is 0.424. The van der Waals surface area contributed by atoms with E-state index in [0.29, 0.717) is 6.42 Å². The van der Waals surface area contributed by atoms with Crippen molar-refractivity contribution in [3.63, 3.8) is 0 Å². The van der Waals surface area contributed by atoms with E-state index in [9.17, 15) is 18.0 Å². The number of esters is 1. The van der Waals surface area contributed by atoms with Crippen molar-refractivity contribution in [2.75, 3.05) is 6.67 Å². The summed E-state index contributed by atoms with van der Waals surface area (Å²) in [5, 5.41) is 0. The number of hydrogen-bond donors (Lipinski definition) is 0. The van der Waals surface area contributed by atoms with Gasteiger partial charge in [-0.25, -0.2) is 18.0 Å². The molecule has 5 heteroatoms. The zero-order valence-electron chi connectivity index (χ0n) is 13.2. The molecule has 0 aliphatic heterocycles. The van der Waals surface area contributed by atoms with Crippen LogP contribution in [0.4, 0.5) is 13.2 Å². The second-order valence-corrected chi connectivity index (χ2v) is 5.26. The Morgan fingerprint density at radius 3 is 2.42 bits per heavy atom. The number of aryl methyl sites for hydroxylation is 2. The maximum atomic E-state index is 13.8. The SMILES string of the molecule is Cc1ccc(C(=O)Oc2ccc(CC/C=C/CF)cc2)c(F)c1F. The number of alkyl halides is 1. The Kier molecular flexibility index (Phi) is 6.18. The molecule has 0 spiro atoms. The summed E-state index contributed by atoms with van der Waals surface area (Å²) in [5.74, 6) is -2.98. The normalized spacial score (nSPS) is 11.0. The van der Waals surface area contributed by atoms with E-state index < -0.39 is 29.8 Å². The molecule has 0 bridgehead atoms. The van der Waals surface area contributed by atoms with E-state index in [0.717, 1.165) is 12.0 Å². The molecule has 0 saturated heterocycles. The third-order valence-corrected chi connectivity index (χ3v) is 3.48. The first-order valence-corrected chi connectivity index (χ1v) is 7.49. The van der Waals surface area contributed by atoms with Gasteiger partial charge in [0, 0.05) is 0 Å². The van der Waals surface area contributed by atoms with Gasteiger partial charge in [-0.05, 0) is 49.1 Å². The van der Waals surface area contributed by atoms with E-state index >= 15 is 0 Å². The molecule has 0 aromatic heterocycles. The minimum Gasteiger partial charge on any atom is -0.423 e. The van der Waals surface area contributed by atoms with Crippen LogP contribution in [-0.4, -0.2) is 12.6 Å². The lowest BCUT2D eigenvalue weighted by Gasteiger charge is -2.07. The summed E-state index contributed by atoms with van der Waals surface area (Å²) < 4.78 is 44.3. The van der Waals surface area contributed by atoms with Crippen LogP contribution in [0.1, 0.15) is 27.9 Å². The highest BCUT2D eigenvalue weighted by Gasteiger charge is 2.18. The standard InChI is InChI=1S/C19H17F3O2/c1-13-6-11-16(18(22)17(13)21)19(23)24-15-9-7-14(8-10-15)5-3-2-4-12-20/h2,4,6-11H,3,5,12H2,1H3/b4-2+. The highest BCUT2D eigenvalue weighted by molar-refractivity contribution is 5.91. The van der Waals surface area contributed by atoms with Gasteiger partial charge < -0.3 is 4.74 Å². The van der Waals surface area contributed by atoms with E-state index in [1.165, 1.54) is 25.1 Å². The second kappa shape index (κ2) is 8.34. The van der Waals surface area contributed by atoms with E-state index in [2.05, 4.69) is 0 Å². The van der Waals surface area contributed by atoms with Crippen LogP contribution in [0.3, 0.4) is 0 Å². The average Bonchev–Trinajstić information content (AvgIpc) is 2.58. The molecular weight excluding hydrogens is 317 g/mol. The van der Waals surface area contributed by atoms with Crippen molar-refractivity contribution < 1.29 is 22.7 Å². The van der Waals surface area contributed by atoms with Gasteiger partial charge in [-0.15, -0.1) is 0 Å². The Hall–Kier alpha value is -2.56. The lowest BCUT2D eigenvalue weighted by molar-refractivity contribution is 0.0728. The predicted octanol–water partition coefficient (Wildman–Crippen LogP) is 4.95. The minimum absolute atomic E-state index is 0.121. The number of rotatable bonds is 6. The van der Waals surface area contributed by atoms with Crippen molar-refractivity contribution in [3.05, 3.63) is 76.9 Å². The number of benzene rings is 2. The van der Waals surface area contributed by atoms with Crippen molar-refractivity contribution in [2.24, 2.45) is 0 Å². The van der Waals surface area contributed by atoms with Crippen LogP contribution < -0.4 is 4.74 Å². The van der Waals surface area contributed by atoms with Crippen LogP contribution in [0.5, 0.6) is 5.75 Å². The maximum Gasteiger partial charge on any atom is 0.346 e. The van der Waals surface area contributed by atoms with Gasteiger partial charge in [0.05, 0.1) is 5.56 Å². The Labute approximate surface area is 138 Å². The van der Waals surface area contributed by atoms with Gasteiger partial charge in [-0.3, -0.25) is 0 Å². The summed E-state index contributed by atoms with van der Waals surface area (Å²) in [7, 11) is 0. The molecule has 0 unspecified atom stereocenters. The summed E-state index contributed by atoms with van der Waals surface area (Å²) in [6.07, 6.45) is 4.63. The summed E-state index contributed by atoms with van der Waals surface area (Å²) in [4.78, 5) is 12.0. The molecule has 2 nitrogen and oxygen atoms in total. The molecule has 0 fully saturated rings. The highest BCUT2D eigenvalue weighted by Crippen LogP contribution is 2.19. The maximum absolute atomic E-state index is 13.8. The van der Waals surface area contributed by atoms with Crippen molar-refractivity contribution in [1.82, 2.24) is 0 Å². The fourth-order valence-corrected chi connectivity index (χ4v) is 2.12. The minimum atomic E-state index is -1.21. The zero-order chi connectivity index (χ0) is 17.5. The molecule has 24 heavy (non-hydrogen) atoms. The third kappa shape index (κ3) is 4.47. The number of ether oxygens (including phenoxy) is 1. The molecule has 0 radical (unpaired) electrons. The lowest BCUT2D eigenvalue weighted by atomic mass is 10.1. The highest BCUT2D eigenvalue weighted by atomic mass is 19.2.